The van der Waals surface area contributed by atoms with E-state index in [2.05, 4.69) is 20.8 Å². The molecule has 1 saturated heterocycles. The van der Waals surface area contributed by atoms with Crippen molar-refractivity contribution in [2.24, 2.45) is 0 Å². The van der Waals surface area contributed by atoms with E-state index in [9.17, 15) is 15.0 Å². The first kappa shape index (κ1) is 20.8. The highest BCUT2D eigenvalue weighted by Gasteiger charge is 2.63. The molecule has 25 heavy (non-hydrogen) atoms. The molecular formula is C17H32O7Si. The third-order valence-electron chi connectivity index (χ3n) is 5.63. The van der Waals surface area contributed by atoms with Crippen molar-refractivity contribution in [3.05, 3.63) is 0 Å². The van der Waals surface area contributed by atoms with Crippen LogP contribution in [0.5, 0.6) is 0 Å². The first-order valence-electron chi connectivity index (χ1n) is 8.67. The van der Waals surface area contributed by atoms with E-state index in [1.165, 1.54) is 7.11 Å². The summed E-state index contributed by atoms with van der Waals surface area (Å²) in [6, 6.07) is 0. The molecule has 0 aromatic carbocycles. The van der Waals surface area contributed by atoms with Crippen LogP contribution in [0.2, 0.25) is 18.1 Å². The van der Waals surface area contributed by atoms with Gasteiger partial charge in [0.1, 0.15) is 18.3 Å². The van der Waals surface area contributed by atoms with E-state index in [4.69, 9.17) is 18.6 Å². The lowest BCUT2D eigenvalue weighted by molar-refractivity contribution is -0.211. The van der Waals surface area contributed by atoms with Crippen molar-refractivity contribution in [3.63, 3.8) is 0 Å². The Labute approximate surface area is 150 Å². The van der Waals surface area contributed by atoms with E-state index in [1.807, 2.05) is 13.1 Å². The molecule has 0 amide bonds. The lowest BCUT2D eigenvalue weighted by Gasteiger charge is -2.48. The number of aliphatic hydroxyl groups is 2. The summed E-state index contributed by atoms with van der Waals surface area (Å²) in [5.41, 5.74) is -2.09. The molecule has 8 heteroatoms. The second-order valence-corrected chi connectivity index (χ2v) is 13.8. The van der Waals surface area contributed by atoms with Gasteiger partial charge in [0.05, 0.1) is 13.2 Å². The Bertz CT molecular complexity index is 528. The van der Waals surface area contributed by atoms with Crippen molar-refractivity contribution >= 4 is 14.3 Å². The lowest BCUT2D eigenvalue weighted by Crippen LogP contribution is -2.68. The molecule has 0 spiro atoms. The van der Waals surface area contributed by atoms with Crippen LogP contribution in [-0.2, 0) is 23.4 Å². The van der Waals surface area contributed by atoms with Crippen molar-refractivity contribution in [2.45, 2.75) is 95.0 Å². The molecule has 0 bridgehead atoms. The zero-order valence-electron chi connectivity index (χ0n) is 16.5. The maximum atomic E-state index is 12.2. The van der Waals surface area contributed by atoms with Gasteiger partial charge in [0.2, 0.25) is 0 Å². The van der Waals surface area contributed by atoms with Gasteiger partial charge in [0.15, 0.2) is 19.7 Å². The van der Waals surface area contributed by atoms with Gasteiger partial charge in [-0.05, 0) is 32.0 Å². The number of hydrogen-bond donors (Lipinski definition) is 2. The van der Waals surface area contributed by atoms with Gasteiger partial charge in [-0.15, -0.1) is 0 Å². The number of carbonyl (C=O) groups excluding carboxylic acids is 1. The van der Waals surface area contributed by atoms with Gasteiger partial charge < -0.3 is 28.8 Å². The average Bonchev–Trinajstić information content (AvgIpc) is 2.75. The second-order valence-electron chi connectivity index (χ2n) is 9.05. The summed E-state index contributed by atoms with van der Waals surface area (Å²) in [6.07, 6.45) is -3.59. The number of ether oxygens (including phenoxy) is 3. The van der Waals surface area contributed by atoms with Crippen molar-refractivity contribution < 1.29 is 33.6 Å². The molecule has 5 atom stereocenters. The molecule has 146 valence electrons. The molecule has 0 aromatic heterocycles. The molecule has 2 aliphatic rings. The third-order valence-corrected chi connectivity index (χ3v) is 10.1. The van der Waals surface area contributed by atoms with E-state index in [0.717, 1.165) is 0 Å². The Morgan fingerprint density at radius 1 is 1.24 bits per heavy atom. The van der Waals surface area contributed by atoms with Crippen LogP contribution in [0.4, 0.5) is 0 Å². The third kappa shape index (κ3) is 3.65. The highest BCUT2D eigenvalue weighted by Crippen LogP contribution is 2.46. The molecule has 2 rings (SSSR count). The van der Waals surface area contributed by atoms with E-state index >= 15 is 0 Å². The first-order chi connectivity index (χ1) is 11.1. The lowest BCUT2D eigenvalue weighted by atomic mass is 9.77. The van der Waals surface area contributed by atoms with Crippen LogP contribution in [0.25, 0.3) is 0 Å². The molecule has 1 heterocycles. The number of esters is 1. The molecule has 2 fully saturated rings. The molecule has 7 nitrogen and oxygen atoms in total. The summed E-state index contributed by atoms with van der Waals surface area (Å²) >= 11 is 0. The van der Waals surface area contributed by atoms with E-state index in [1.54, 1.807) is 13.8 Å². The predicted molar refractivity (Wildman–Crippen MR) is 93.5 cm³/mol. The maximum absolute atomic E-state index is 12.2. The SMILES string of the molecule is COC(=O)C1(O)CC2OC(C)(C)OC2C(O[Si](C)(C)C(C)(C)C)C1O. The van der Waals surface area contributed by atoms with Crippen molar-refractivity contribution in [3.8, 4) is 0 Å². The van der Waals surface area contributed by atoms with Gasteiger partial charge in [-0.2, -0.15) is 0 Å². The fourth-order valence-electron chi connectivity index (χ4n) is 3.21. The fraction of sp³-hybridized carbons (Fsp3) is 0.941. The Balaban J connectivity index is 2.41. The van der Waals surface area contributed by atoms with Gasteiger partial charge >= 0.3 is 5.97 Å². The molecule has 1 saturated carbocycles. The molecule has 0 aromatic rings. The zero-order valence-corrected chi connectivity index (χ0v) is 17.5. The van der Waals surface area contributed by atoms with E-state index in [0.29, 0.717) is 0 Å². The largest absolute Gasteiger partial charge is 0.467 e. The van der Waals surface area contributed by atoms with E-state index in [-0.39, 0.29) is 11.5 Å². The minimum atomic E-state index is -2.31. The molecule has 2 N–H and O–H groups in total. The molecular weight excluding hydrogens is 344 g/mol. The monoisotopic (exact) mass is 376 g/mol. The number of rotatable bonds is 3. The van der Waals surface area contributed by atoms with Crippen LogP contribution in [0.3, 0.4) is 0 Å². The minimum absolute atomic E-state index is 0.105. The summed E-state index contributed by atoms with van der Waals surface area (Å²) in [4.78, 5) is 12.2. The van der Waals surface area contributed by atoms with Gasteiger partial charge in [-0.3, -0.25) is 0 Å². The quantitative estimate of drug-likeness (QED) is 0.570. The van der Waals surface area contributed by atoms with Crippen LogP contribution in [0.1, 0.15) is 41.0 Å². The molecule has 1 aliphatic heterocycles. The van der Waals surface area contributed by atoms with Crippen molar-refractivity contribution in [1.82, 2.24) is 0 Å². The molecule has 5 unspecified atom stereocenters. The van der Waals surface area contributed by atoms with Gasteiger partial charge in [-0.25, -0.2) is 4.79 Å². The predicted octanol–water partition coefficient (Wildman–Crippen LogP) is 1.57. The Hall–Kier alpha value is -0.513. The Kier molecular flexibility index (Phi) is 5.22. The average molecular weight is 377 g/mol. The Morgan fingerprint density at radius 2 is 1.80 bits per heavy atom. The van der Waals surface area contributed by atoms with E-state index < -0.39 is 50.1 Å². The van der Waals surface area contributed by atoms with Gasteiger partial charge in [0.25, 0.3) is 0 Å². The fourth-order valence-corrected chi connectivity index (χ4v) is 4.50. The highest BCUT2D eigenvalue weighted by molar-refractivity contribution is 6.74. The molecule has 1 aliphatic carbocycles. The molecule has 0 radical (unpaired) electrons. The second kappa shape index (κ2) is 6.28. The number of fused-ring (bicyclic) bond motifs is 1. The zero-order chi connectivity index (χ0) is 19.4. The number of carbonyl (C=O) groups is 1. The summed E-state index contributed by atoms with van der Waals surface area (Å²) < 4.78 is 22.9. The number of aliphatic hydroxyl groups excluding tert-OH is 1. The minimum Gasteiger partial charge on any atom is -0.467 e. The summed E-state index contributed by atoms with van der Waals surface area (Å²) in [5, 5.41) is 21.6. The standard InChI is InChI=1S/C17H32O7Si/c1-15(2,3)25(7,8)24-12-11-10(22-16(4,5)23-11)9-17(20,13(12)18)14(19)21-6/h10-13,18,20H,9H2,1-8H3. The van der Waals surface area contributed by atoms with Crippen molar-refractivity contribution in [2.75, 3.05) is 7.11 Å². The highest BCUT2D eigenvalue weighted by atomic mass is 28.4. The van der Waals surface area contributed by atoms with Crippen LogP contribution >= 0.6 is 0 Å². The van der Waals surface area contributed by atoms with Crippen molar-refractivity contribution in [1.29, 1.82) is 0 Å². The van der Waals surface area contributed by atoms with Crippen LogP contribution in [0.15, 0.2) is 0 Å². The van der Waals surface area contributed by atoms with Gasteiger partial charge in [0, 0.05) is 6.42 Å². The first-order valence-corrected chi connectivity index (χ1v) is 11.6. The summed E-state index contributed by atoms with van der Waals surface area (Å²) in [5.74, 6) is -1.78. The normalized spacial score (nSPS) is 38.3. The maximum Gasteiger partial charge on any atom is 0.340 e. The number of methoxy groups -OCH3 is 1. The smallest absolute Gasteiger partial charge is 0.340 e. The number of hydrogen-bond acceptors (Lipinski definition) is 7. The van der Waals surface area contributed by atoms with Crippen LogP contribution < -0.4 is 0 Å². The van der Waals surface area contributed by atoms with Crippen LogP contribution in [-0.4, -0.2) is 67.4 Å². The van der Waals surface area contributed by atoms with Crippen LogP contribution in [0, 0.1) is 0 Å². The van der Waals surface area contributed by atoms with Gasteiger partial charge in [-0.1, -0.05) is 20.8 Å². The summed E-state index contributed by atoms with van der Waals surface area (Å²) in [6.45, 7) is 13.8. The Morgan fingerprint density at radius 3 is 2.28 bits per heavy atom. The topological polar surface area (TPSA) is 94.5 Å². The summed E-state index contributed by atoms with van der Waals surface area (Å²) in [7, 11) is -1.13.